The molecule has 1 aromatic rings. The molecule has 0 aliphatic heterocycles. The molecule has 0 amide bonds. The molecule has 0 radical (unpaired) electrons. The Morgan fingerprint density at radius 3 is 2.56 bits per heavy atom. The summed E-state index contributed by atoms with van der Waals surface area (Å²) < 4.78 is 50.3. The normalized spacial score (nSPS) is 11.6. The van der Waals surface area contributed by atoms with E-state index in [2.05, 4.69) is 5.32 Å². The zero-order valence-electron chi connectivity index (χ0n) is 9.77. The molecule has 1 rings (SSSR count). The molecule has 0 fully saturated rings. The van der Waals surface area contributed by atoms with Crippen LogP contribution in [-0.2, 0) is 6.18 Å². The van der Waals surface area contributed by atoms with Crippen molar-refractivity contribution in [1.82, 2.24) is 5.32 Å². The fourth-order valence-electron chi connectivity index (χ4n) is 1.44. The van der Waals surface area contributed by atoms with Gasteiger partial charge >= 0.3 is 6.18 Å². The third-order valence-electron chi connectivity index (χ3n) is 2.37. The highest BCUT2D eigenvalue weighted by Crippen LogP contribution is 2.32. The molecule has 0 aliphatic rings. The summed E-state index contributed by atoms with van der Waals surface area (Å²) in [5, 5.41) is 2.89. The van der Waals surface area contributed by atoms with E-state index in [1.54, 1.807) is 0 Å². The molecular weight excluding hydrogens is 250 g/mol. The molecule has 0 bridgehead atoms. The SMILES string of the molecule is CCNCCC(=O)c1ccc(F)c(C(F)(F)F)c1. The Balaban J connectivity index is 2.88. The number of hydrogen-bond donors (Lipinski definition) is 1. The van der Waals surface area contributed by atoms with E-state index in [9.17, 15) is 22.4 Å². The number of halogens is 4. The van der Waals surface area contributed by atoms with E-state index in [-0.39, 0.29) is 12.0 Å². The summed E-state index contributed by atoms with van der Waals surface area (Å²) in [4.78, 5) is 11.6. The van der Waals surface area contributed by atoms with Crippen molar-refractivity contribution < 1.29 is 22.4 Å². The van der Waals surface area contributed by atoms with Crippen molar-refractivity contribution in [3.8, 4) is 0 Å². The molecule has 18 heavy (non-hydrogen) atoms. The minimum atomic E-state index is -4.79. The van der Waals surface area contributed by atoms with Crippen LogP contribution in [0.15, 0.2) is 18.2 Å². The predicted molar refractivity (Wildman–Crippen MR) is 58.9 cm³/mol. The molecule has 1 N–H and O–H groups in total. The smallest absolute Gasteiger partial charge is 0.317 e. The van der Waals surface area contributed by atoms with E-state index < -0.39 is 23.3 Å². The van der Waals surface area contributed by atoms with E-state index in [1.165, 1.54) is 0 Å². The van der Waals surface area contributed by atoms with Crippen LogP contribution in [0.2, 0.25) is 0 Å². The van der Waals surface area contributed by atoms with Crippen molar-refractivity contribution >= 4 is 5.78 Å². The minimum Gasteiger partial charge on any atom is -0.317 e. The zero-order chi connectivity index (χ0) is 13.8. The van der Waals surface area contributed by atoms with Crippen LogP contribution < -0.4 is 5.32 Å². The van der Waals surface area contributed by atoms with Crippen LogP contribution in [0.3, 0.4) is 0 Å². The second-order valence-corrected chi connectivity index (χ2v) is 3.72. The Kier molecular flexibility index (Phi) is 4.84. The van der Waals surface area contributed by atoms with Crippen LogP contribution in [0.4, 0.5) is 17.6 Å². The van der Waals surface area contributed by atoms with Gasteiger partial charge in [-0.15, -0.1) is 0 Å². The number of carbonyl (C=O) groups is 1. The van der Waals surface area contributed by atoms with Crippen LogP contribution >= 0.6 is 0 Å². The molecule has 0 heterocycles. The van der Waals surface area contributed by atoms with Gasteiger partial charge in [-0.3, -0.25) is 4.79 Å². The molecule has 1 aromatic carbocycles. The minimum absolute atomic E-state index is 0.0801. The third kappa shape index (κ3) is 3.80. The molecule has 6 heteroatoms. The number of nitrogens with one attached hydrogen (secondary N) is 1. The van der Waals surface area contributed by atoms with Crippen molar-refractivity contribution in [3.63, 3.8) is 0 Å². The quantitative estimate of drug-likeness (QED) is 0.502. The monoisotopic (exact) mass is 263 g/mol. The highest BCUT2D eigenvalue weighted by atomic mass is 19.4. The summed E-state index contributed by atoms with van der Waals surface area (Å²) in [6.07, 6.45) is -4.71. The summed E-state index contributed by atoms with van der Waals surface area (Å²) in [6, 6.07) is 2.30. The van der Waals surface area contributed by atoms with Crippen LogP contribution in [0.1, 0.15) is 29.3 Å². The predicted octanol–water partition coefficient (Wildman–Crippen LogP) is 3.03. The van der Waals surface area contributed by atoms with Crippen LogP contribution in [-0.4, -0.2) is 18.9 Å². The lowest BCUT2D eigenvalue weighted by molar-refractivity contribution is -0.140. The van der Waals surface area contributed by atoms with Crippen LogP contribution in [0.25, 0.3) is 0 Å². The number of ketones is 1. The fraction of sp³-hybridized carbons (Fsp3) is 0.417. The standard InChI is InChI=1S/C12H13F4NO/c1-2-17-6-5-11(18)8-3-4-10(13)9(7-8)12(14,15)16/h3-4,7,17H,2,5-6H2,1H3. The van der Waals surface area contributed by atoms with E-state index in [0.29, 0.717) is 25.2 Å². The first-order valence-electron chi connectivity index (χ1n) is 5.47. The lowest BCUT2D eigenvalue weighted by atomic mass is 10.0. The Morgan fingerprint density at radius 1 is 1.33 bits per heavy atom. The highest BCUT2D eigenvalue weighted by molar-refractivity contribution is 5.96. The average Bonchev–Trinajstić information content (AvgIpc) is 2.28. The maximum Gasteiger partial charge on any atom is 0.419 e. The van der Waals surface area contributed by atoms with E-state index in [0.717, 1.165) is 6.07 Å². The topological polar surface area (TPSA) is 29.1 Å². The summed E-state index contributed by atoms with van der Waals surface area (Å²) in [5.74, 6) is -1.81. The Hall–Kier alpha value is -1.43. The van der Waals surface area contributed by atoms with Crippen LogP contribution in [0, 0.1) is 5.82 Å². The average molecular weight is 263 g/mol. The molecular formula is C12H13F4NO. The molecule has 0 saturated carbocycles. The number of alkyl halides is 3. The number of hydrogen-bond acceptors (Lipinski definition) is 2. The maximum atomic E-state index is 13.0. The van der Waals surface area contributed by atoms with Crippen LogP contribution in [0.5, 0.6) is 0 Å². The van der Waals surface area contributed by atoms with Gasteiger partial charge in [-0.25, -0.2) is 4.39 Å². The molecule has 2 nitrogen and oxygen atoms in total. The summed E-state index contributed by atoms with van der Waals surface area (Å²) >= 11 is 0. The Morgan fingerprint density at radius 2 is 2.00 bits per heavy atom. The maximum absolute atomic E-state index is 13.0. The Bertz CT molecular complexity index is 429. The Labute approximate surface area is 102 Å². The van der Waals surface area contributed by atoms with Gasteiger partial charge in [-0.05, 0) is 24.7 Å². The van der Waals surface area contributed by atoms with Gasteiger partial charge < -0.3 is 5.32 Å². The van der Waals surface area contributed by atoms with Gasteiger partial charge in [0, 0.05) is 18.5 Å². The van der Waals surface area contributed by atoms with Crippen molar-refractivity contribution in [1.29, 1.82) is 0 Å². The molecule has 0 aliphatic carbocycles. The first kappa shape index (κ1) is 14.6. The fourth-order valence-corrected chi connectivity index (χ4v) is 1.44. The van der Waals surface area contributed by atoms with E-state index in [4.69, 9.17) is 0 Å². The molecule has 100 valence electrons. The van der Waals surface area contributed by atoms with Gasteiger partial charge in [0.15, 0.2) is 5.78 Å². The third-order valence-corrected chi connectivity index (χ3v) is 2.37. The van der Waals surface area contributed by atoms with Crippen molar-refractivity contribution in [2.45, 2.75) is 19.5 Å². The summed E-state index contributed by atoms with van der Waals surface area (Å²) in [6.45, 7) is 2.91. The lowest BCUT2D eigenvalue weighted by Crippen LogP contribution is -2.18. The van der Waals surface area contributed by atoms with Gasteiger partial charge in [0.2, 0.25) is 0 Å². The zero-order valence-corrected chi connectivity index (χ0v) is 9.77. The van der Waals surface area contributed by atoms with Crippen molar-refractivity contribution in [3.05, 3.63) is 35.1 Å². The summed E-state index contributed by atoms with van der Waals surface area (Å²) in [7, 11) is 0. The first-order valence-corrected chi connectivity index (χ1v) is 5.47. The largest absolute Gasteiger partial charge is 0.419 e. The number of Topliss-reactive ketones (excluding diaryl/α,β-unsaturated/α-hetero) is 1. The van der Waals surface area contributed by atoms with Gasteiger partial charge in [-0.2, -0.15) is 13.2 Å². The molecule has 0 atom stereocenters. The molecule has 0 aromatic heterocycles. The second kappa shape index (κ2) is 5.95. The molecule has 0 unspecified atom stereocenters. The molecule has 0 saturated heterocycles. The van der Waals surface area contributed by atoms with Crippen molar-refractivity contribution in [2.75, 3.05) is 13.1 Å². The van der Waals surface area contributed by atoms with Gasteiger partial charge in [0.05, 0.1) is 5.56 Å². The van der Waals surface area contributed by atoms with E-state index in [1.807, 2.05) is 6.92 Å². The number of carbonyl (C=O) groups excluding carboxylic acids is 1. The second-order valence-electron chi connectivity index (χ2n) is 3.72. The number of benzene rings is 1. The first-order chi connectivity index (χ1) is 8.36. The summed E-state index contributed by atoms with van der Waals surface area (Å²) in [5.41, 5.74) is -1.53. The lowest BCUT2D eigenvalue weighted by Gasteiger charge is -2.09. The highest BCUT2D eigenvalue weighted by Gasteiger charge is 2.34. The number of rotatable bonds is 5. The van der Waals surface area contributed by atoms with Gasteiger partial charge in [-0.1, -0.05) is 6.92 Å². The van der Waals surface area contributed by atoms with E-state index >= 15 is 0 Å². The van der Waals surface area contributed by atoms with Gasteiger partial charge in [0.25, 0.3) is 0 Å². The van der Waals surface area contributed by atoms with Crippen molar-refractivity contribution in [2.24, 2.45) is 0 Å². The molecule has 0 spiro atoms. The van der Waals surface area contributed by atoms with Gasteiger partial charge in [0.1, 0.15) is 5.82 Å².